The number of alkyl halides is 3. The molecule has 1 saturated carbocycles. The van der Waals surface area contributed by atoms with Gasteiger partial charge in [-0.3, -0.25) is 14.6 Å². The molecule has 0 spiro atoms. The Morgan fingerprint density at radius 3 is 2.27 bits per heavy atom. The lowest BCUT2D eigenvalue weighted by Crippen LogP contribution is -2.46. The number of halogens is 3. The maximum Gasteiger partial charge on any atom is 0.417 e. The van der Waals surface area contributed by atoms with Crippen LogP contribution in [0.1, 0.15) is 79.3 Å². The van der Waals surface area contributed by atoms with E-state index in [4.69, 9.17) is 0 Å². The summed E-state index contributed by atoms with van der Waals surface area (Å²) in [5, 5.41) is 14.3. The van der Waals surface area contributed by atoms with Crippen LogP contribution in [0, 0.1) is 23.7 Å². The molecule has 3 aromatic heterocycles. The van der Waals surface area contributed by atoms with Gasteiger partial charge in [-0.1, -0.05) is 26.8 Å². The van der Waals surface area contributed by atoms with E-state index in [2.05, 4.69) is 21.1 Å². The van der Waals surface area contributed by atoms with Crippen LogP contribution in [0.5, 0.6) is 0 Å². The van der Waals surface area contributed by atoms with Crippen molar-refractivity contribution in [2.45, 2.75) is 77.4 Å². The molecule has 0 atom stereocenters. The predicted molar refractivity (Wildman–Crippen MR) is 145 cm³/mol. The maximum atomic E-state index is 13.1. The van der Waals surface area contributed by atoms with Gasteiger partial charge in [-0.15, -0.1) is 0 Å². The Hall–Kier alpha value is -4.07. The van der Waals surface area contributed by atoms with Crippen molar-refractivity contribution in [3.8, 4) is 11.9 Å². The van der Waals surface area contributed by atoms with Gasteiger partial charge in [-0.25, -0.2) is 9.67 Å². The minimum Gasteiger partial charge on any atom is -0.342 e. The third-order valence-corrected chi connectivity index (χ3v) is 7.81. The first-order chi connectivity index (χ1) is 19.2. The summed E-state index contributed by atoms with van der Waals surface area (Å²) in [6.07, 6.45) is 1.82. The normalized spacial score (nSPS) is 19.4. The monoisotopic (exact) mass is 566 g/mol. The maximum absolute atomic E-state index is 13.1. The zero-order valence-electron chi connectivity index (χ0n) is 23.8. The van der Waals surface area contributed by atoms with Gasteiger partial charge in [0.2, 0.25) is 5.91 Å². The van der Waals surface area contributed by atoms with Crippen LogP contribution < -0.4 is 0 Å². The van der Waals surface area contributed by atoms with Crippen molar-refractivity contribution in [3.63, 3.8) is 0 Å². The summed E-state index contributed by atoms with van der Waals surface area (Å²) < 4.78 is 39.9. The molecule has 4 rings (SSSR count). The second kappa shape index (κ2) is 11.1. The van der Waals surface area contributed by atoms with E-state index < -0.39 is 22.6 Å². The summed E-state index contributed by atoms with van der Waals surface area (Å²) >= 11 is 0. The average Bonchev–Trinajstić information content (AvgIpc) is 3.33. The second-order valence-corrected chi connectivity index (χ2v) is 11.7. The number of pyridine rings is 2. The fraction of sp³-hybridized carbons (Fsp3) is 0.467. The molecule has 8 nitrogen and oxygen atoms in total. The molecule has 0 unspecified atom stereocenters. The van der Waals surface area contributed by atoms with Crippen molar-refractivity contribution >= 4 is 11.7 Å². The molecular weight excluding hydrogens is 533 g/mol. The highest BCUT2D eigenvalue weighted by molar-refractivity contribution is 5.98. The number of hydrogen-bond donors (Lipinski definition) is 0. The standard InChI is InChI=1S/C30H33F3N6O2/c1-19-23(17-37-39(19)26-9-7-21(16-36-26)30(31,32)33)24(40)14-20-6-8-25(35-15-20)29(18-34)12-10-22(11-13-29)38(5)27(41)28(2,3)4/h6-9,15-17,22H,10-14H2,1-5H3. The summed E-state index contributed by atoms with van der Waals surface area (Å²) in [7, 11) is 1.83. The second-order valence-electron chi connectivity index (χ2n) is 11.7. The first-order valence-corrected chi connectivity index (χ1v) is 13.4. The fourth-order valence-electron chi connectivity index (χ4n) is 5.29. The number of nitrogens with zero attached hydrogens (tertiary/aromatic N) is 6. The SMILES string of the molecule is Cc1c(C(=O)Cc2ccc(C3(C#N)CCC(N(C)C(=O)C(C)(C)C)CC3)nc2)cnn1-c1ccc(C(F)(F)F)cn1. The van der Waals surface area contributed by atoms with Crippen LogP contribution in [0.3, 0.4) is 0 Å². The third-order valence-electron chi connectivity index (χ3n) is 7.81. The van der Waals surface area contributed by atoms with E-state index in [0.717, 1.165) is 12.3 Å². The van der Waals surface area contributed by atoms with Gasteiger partial charge in [0, 0.05) is 37.3 Å². The van der Waals surface area contributed by atoms with Gasteiger partial charge < -0.3 is 4.90 Å². The van der Waals surface area contributed by atoms with E-state index in [0.29, 0.717) is 48.2 Å². The van der Waals surface area contributed by atoms with E-state index in [1.54, 1.807) is 30.2 Å². The zero-order valence-corrected chi connectivity index (χ0v) is 23.8. The highest BCUT2D eigenvalue weighted by atomic mass is 19.4. The lowest BCUT2D eigenvalue weighted by molar-refractivity contribution is -0.141. The van der Waals surface area contributed by atoms with Crippen LogP contribution in [0.25, 0.3) is 5.82 Å². The van der Waals surface area contributed by atoms with Gasteiger partial charge in [0.25, 0.3) is 0 Å². The molecule has 3 aromatic rings. The Morgan fingerprint density at radius 1 is 1.07 bits per heavy atom. The smallest absolute Gasteiger partial charge is 0.342 e. The van der Waals surface area contributed by atoms with Crippen LogP contribution in [-0.4, -0.2) is 49.4 Å². The van der Waals surface area contributed by atoms with Crippen molar-refractivity contribution in [3.05, 3.63) is 70.9 Å². The molecule has 0 bridgehead atoms. The summed E-state index contributed by atoms with van der Waals surface area (Å²) in [5.74, 6) is 0.0267. The van der Waals surface area contributed by atoms with E-state index in [9.17, 15) is 28.0 Å². The topological polar surface area (TPSA) is 105 Å². The van der Waals surface area contributed by atoms with E-state index in [1.807, 2.05) is 27.8 Å². The number of Topliss-reactive ketones (excluding diaryl/α,β-unsaturated/α-hetero) is 1. The number of aromatic nitrogens is 4. The van der Waals surface area contributed by atoms with Crippen molar-refractivity contribution in [1.29, 1.82) is 5.26 Å². The largest absolute Gasteiger partial charge is 0.417 e. The minimum atomic E-state index is -4.50. The summed E-state index contributed by atoms with van der Waals surface area (Å²) in [5.41, 5.74) is 0.0133. The first kappa shape index (κ1) is 29.9. The minimum absolute atomic E-state index is 0.0432. The Kier molecular flexibility index (Phi) is 8.07. The van der Waals surface area contributed by atoms with Gasteiger partial charge in [-0.05, 0) is 56.4 Å². The number of ketones is 1. The number of carbonyl (C=O) groups excluding carboxylic acids is 2. The number of nitriles is 1. The highest BCUT2D eigenvalue weighted by Crippen LogP contribution is 2.40. The number of rotatable bonds is 6. The van der Waals surface area contributed by atoms with Gasteiger partial charge >= 0.3 is 6.18 Å². The molecule has 0 N–H and O–H groups in total. The van der Waals surface area contributed by atoms with Gasteiger partial charge in [0.05, 0.1) is 40.2 Å². The van der Waals surface area contributed by atoms with Crippen LogP contribution in [0.15, 0.2) is 42.9 Å². The number of amides is 1. The van der Waals surface area contributed by atoms with Crippen molar-refractivity contribution in [2.75, 3.05) is 7.05 Å². The van der Waals surface area contributed by atoms with E-state index in [-0.39, 0.29) is 30.0 Å². The molecule has 3 heterocycles. The molecular formula is C30H33F3N6O2. The average molecular weight is 567 g/mol. The van der Waals surface area contributed by atoms with Crippen LogP contribution in [0.2, 0.25) is 0 Å². The lowest BCUT2D eigenvalue weighted by Gasteiger charge is -2.40. The molecule has 0 radical (unpaired) electrons. The number of hydrogen-bond acceptors (Lipinski definition) is 6. The Labute approximate surface area is 237 Å². The Bertz CT molecular complexity index is 1460. The fourth-order valence-corrected chi connectivity index (χ4v) is 5.29. The van der Waals surface area contributed by atoms with Crippen molar-refractivity contribution < 1.29 is 22.8 Å². The van der Waals surface area contributed by atoms with E-state index >= 15 is 0 Å². The molecule has 1 aliphatic rings. The molecule has 11 heteroatoms. The Morgan fingerprint density at radius 2 is 1.76 bits per heavy atom. The van der Waals surface area contributed by atoms with Crippen molar-refractivity contribution in [2.24, 2.45) is 5.41 Å². The summed E-state index contributed by atoms with van der Waals surface area (Å²) in [4.78, 5) is 36.0. The molecule has 0 saturated heterocycles. The molecule has 1 amide bonds. The molecule has 41 heavy (non-hydrogen) atoms. The highest BCUT2D eigenvalue weighted by Gasteiger charge is 2.41. The van der Waals surface area contributed by atoms with Crippen molar-refractivity contribution in [1.82, 2.24) is 24.6 Å². The van der Waals surface area contributed by atoms with E-state index in [1.165, 1.54) is 16.9 Å². The third kappa shape index (κ3) is 6.16. The molecule has 1 fully saturated rings. The van der Waals surface area contributed by atoms with Gasteiger partial charge in [0.1, 0.15) is 0 Å². The lowest BCUT2D eigenvalue weighted by atomic mass is 9.70. The van der Waals surface area contributed by atoms with Crippen LogP contribution >= 0.6 is 0 Å². The summed E-state index contributed by atoms with van der Waals surface area (Å²) in [6, 6.07) is 8.24. The van der Waals surface area contributed by atoms with Crippen LogP contribution in [-0.2, 0) is 22.8 Å². The first-order valence-electron chi connectivity index (χ1n) is 13.4. The molecule has 216 valence electrons. The predicted octanol–water partition coefficient (Wildman–Crippen LogP) is 5.62. The van der Waals surface area contributed by atoms with Gasteiger partial charge in [-0.2, -0.15) is 23.5 Å². The molecule has 0 aliphatic heterocycles. The number of carbonyl (C=O) groups is 2. The zero-order chi connectivity index (χ0) is 30.2. The Balaban J connectivity index is 1.43. The van der Waals surface area contributed by atoms with Crippen LogP contribution in [0.4, 0.5) is 13.2 Å². The van der Waals surface area contributed by atoms with Gasteiger partial charge in [0.15, 0.2) is 11.6 Å². The molecule has 1 aliphatic carbocycles. The summed E-state index contributed by atoms with van der Waals surface area (Å²) in [6.45, 7) is 7.34. The quantitative estimate of drug-likeness (QED) is 0.359. The molecule has 0 aromatic carbocycles.